The summed E-state index contributed by atoms with van der Waals surface area (Å²) in [5, 5.41) is 9.04. The van der Waals surface area contributed by atoms with Crippen LogP contribution in [0.15, 0.2) is 47.0 Å². The first-order valence-electron chi connectivity index (χ1n) is 11.8. The molecule has 4 rings (SSSR count). The molecule has 1 aromatic carbocycles. The Hall–Kier alpha value is -2.88. The topological polar surface area (TPSA) is 95.2 Å². The van der Waals surface area contributed by atoms with Gasteiger partial charge in [0.05, 0.1) is 25.5 Å². The number of unbranched alkanes of at least 4 members (excludes halogenated alkanes) is 1. The van der Waals surface area contributed by atoms with Gasteiger partial charge in [0, 0.05) is 50.3 Å². The first-order chi connectivity index (χ1) is 16.5. The van der Waals surface area contributed by atoms with Gasteiger partial charge in [0.2, 0.25) is 6.29 Å². The zero-order valence-electron chi connectivity index (χ0n) is 19.8. The summed E-state index contributed by atoms with van der Waals surface area (Å²) in [5.74, 6) is -0.339. The molecule has 2 aromatic rings. The zero-order chi connectivity index (χ0) is 24.1. The maximum Gasteiger partial charge on any atom is 0.288 e. The van der Waals surface area contributed by atoms with E-state index in [0.29, 0.717) is 57.7 Å². The molecule has 3 heterocycles. The minimum absolute atomic E-state index is 0.0976. The molecule has 2 atom stereocenters. The molecule has 1 N–H and O–H groups in total. The van der Waals surface area contributed by atoms with Crippen molar-refractivity contribution < 1.29 is 24.1 Å². The van der Waals surface area contributed by atoms with E-state index in [9.17, 15) is 9.59 Å². The number of rotatable bonds is 8. The van der Waals surface area contributed by atoms with E-state index in [4.69, 9.17) is 19.3 Å². The fourth-order valence-corrected chi connectivity index (χ4v) is 4.48. The van der Waals surface area contributed by atoms with Gasteiger partial charge in [-0.3, -0.25) is 14.3 Å². The third-order valence-electron chi connectivity index (χ3n) is 6.39. The highest BCUT2D eigenvalue weighted by atomic mass is 16.7. The quantitative estimate of drug-likeness (QED) is 0.591. The van der Waals surface area contributed by atoms with Crippen LogP contribution >= 0.6 is 0 Å². The molecule has 1 amide bonds. The highest BCUT2D eigenvalue weighted by Gasteiger charge is 2.34. The van der Waals surface area contributed by atoms with Gasteiger partial charge in [-0.05, 0) is 38.0 Å². The first kappa shape index (κ1) is 24.3. The van der Waals surface area contributed by atoms with Crippen molar-refractivity contribution in [2.45, 2.75) is 38.4 Å². The van der Waals surface area contributed by atoms with Crippen molar-refractivity contribution in [1.82, 2.24) is 14.3 Å². The predicted octanol–water partition coefficient (Wildman–Crippen LogP) is 1.85. The molecule has 9 heteroatoms. The number of carbonyl (C=O) groups excluding carboxylic acids is 1. The summed E-state index contributed by atoms with van der Waals surface area (Å²) < 4.78 is 20.7. The molecule has 1 saturated heterocycles. The van der Waals surface area contributed by atoms with E-state index in [-0.39, 0.29) is 29.8 Å². The summed E-state index contributed by atoms with van der Waals surface area (Å²) in [7, 11) is 1.86. The first-order valence-corrected chi connectivity index (χ1v) is 11.8. The van der Waals surface area contributed by atoms with E-state index >= 15 is 0 Å². The van der Waals surface area contributed by atoms with Gasteiger partial charge >= 0.3 is 0 Å². The summed E-state index contributed by atoms with van der Waals surface area (Å²) in [4.78, 5) is 28.5. The molecule has 0 spiro atoms. The Morgan fingerprint density at radius 3 is 2.62 bits per heavy atom. The zero-order valence-corrected chi connectivity index (χ0v) is 19.8. The van der Waals surface area contributed by atoms with Crippen molar-refractivity contribution in [3.05, 3.63) is 63.8 Å². The standard InChI is InChI=1S/C25H33N3O6/c1-18-23(25(31)28(26(18)2)20-8-4-3-5-9-20)19-16-21(24(30)27-10-14-32-15-11-27)34-22(17-19)33-13-7-6-12-29/h3-5,8-9,16,19,22,29H,6-7,10-15,17H2,1-2H3. The second-order valence-electron chi connectivity index (χ2n) is 8.60. The fourth-order valence-electron chi connectivity index (χ4n) is 4.48. The lowest BCUT2D eigenvalue weighted by atomic mass is 9.93. The molecular weight excluding hydrogens is 438 g/mol. The molecule has 0 bridgehead atoms. The lowest BCUT2D eigenvalue weighted by Gasteiger charge is -2.32. The molecule has 9 nitrogen and oxygen atoms in total. The van der Waals surface area contributed by atoms with Crippen LogP contribution in [0.3, 0.4) is 0 Å². The van der Waals surface area contributed by atoms with Gasteiger partial charge in [-0.1, -0.05) is 18.2 Å². The molecule has 2 unspecified atom stereocenters. The van der Waals surface area contributed by atoms with E-state index in [2.05, 4.69) is 0 Å². The number of allylic oxidation sites excluding steroid dienone is 1. The number of aliphatic hydroxyl groups is 1. The molecule has 2 aliphatic rings. The third kappa shape index (κ3) is 5.11. The van der Waals surface area contributed by atoms with E-state index < -0.39 is 6.29 Å². The van der Waals surface area contributed by atoms with Crippen molar-refractivity contribution in [3.63, 3.8) is 0 Å². The molecule has 0 aliphatic carbocycles. The van der Waals surface area contributed by atoms with Crippen molar-refractivity contribution in [3.8, 4) is 5.69 Å². The van der Waals surface area contributed by atoms with Crippen molar-refractivity contribution >= 4 is 5.91 Å². The average molecular weight is 472 g/mol. The molecule has 0 radical (unpaired) electrons. The number of aliphatic hydroxyl groups excluding tert-OH is 1. The number of amides is 1. The minimum atomic E-state index is -0.655. The summed E-state index contributed by atoms with van der Waals surface area (Å²) in [6, 6.07) is 9.49. The summed E-state index contributed by atoms with van der Waals surface area (Å²) >= 11 is 0. The van der Waals surface area contributed by atoms with E-state index in [1.54, 1.807) is 15.7 Å². The van der Waals surface area contributed by atoms with Crippen LogP contribution in [0.4, 0.5) is 0 Å². The highest BCUT2D eigenvalue weighted by Crippen LogP contribution is 2.33. The Morgan fingerprint density at radius 2 is 1.91 bits per heavy atom. The number of hydrogen-bond donors (Lipinski definition) is 1. The second kappa shape index (κ2) is 11.0. The minimum Gasteiger partial charge on any atom is -0.459 e. The molecule has 34 heavy (non-hydrogen) atoms. The van der Waals surface area contributed by atoms with Gasteiger partial charge in [-0.25, -0.2) is 4.68 Å². The Labute approximate surface area is 199 Å². The number of morpholine rings is 1. The number of para-hydroxylation sites is 1. The van der Waals surface area contributed by atoms with Crippen LogP contribution in [0.5, 0.6) is 0 Å². The summed E-state index contributed by atoms with van der Waals surface area (Å²) in [6.07, 6.45) is 2.85. The van der Waals surface area contributed by atoms with Crippen molar-refractivity contribution in [1.29, 1.82) is 0 Å². The Bertz CT molecular complexity index is 1070. The number of carbonyl (C=O) groups is 1. The van der Waals surface area contributed by atoms with Gasteiger partial charge in [0.1, 0.15) is 0 Å². The van der Waals surface area contributed by atoms with Gasteiger partial charge in [0.15, 0.2) is 5.76 Å². The molecule has 0 saturated carbocycles. The monoisotopic (exact) mass is 471 g/mol. The van der Waals surface area contributed by atoms with Crippen molar-refractivity contribution in [2.24, 2.45) is 7.05 Å². The fraction of sp³-hybridized carbons (Fsp3) is 0.520. The SMILES string of the molecule is Cc1c(C2C=C(C(=O)N3CCOCC3)OC(OCCCCO)C2)c(=O)n(-c2ccccc2)n1C. The molecular formula is C25H33N3O6. The van der Waals surface area contributed by atoms with E-state index in [1.165, 1.54) is 0 Å². The van der Waals surface area contributed by atoms with Crippen LogP contribution in [0.2, 0.25) is 0 Å². The van der Waals surface area contributed by atoms with E-state index in [0.717, 1.165) is 11.4 Å². The maximum absolute atomic E-state index is 13.6. The van der Waals surface area contributed by atoms with Crippen LogP contribution in [-0.4, -0.2) is 71.1 Å². The van der Waals surface area contributed by atoms with Crippen LogP contribution in [0.1, 0.15) is 36.4 Å². The van der Waals surface area contributed by atoms with Crippen LogP contribution in [0, 0.1) is 6.92 Å². The second-order valence-corrected chi connectivity index (χ2v) is 8.60. The van der Waals surface area contributed by atoms with Gasteiger partial charge in [0.25, 0.3) is 11.5 Å². The maximum atomic E-state index is 13.6. The molecule has 184 valence electrons. The van der Waals surface area contributed by atoms with Gasteiger partial charge in [-0.15, -0.1) is 0 Å². The lowest BCUT2D eigenvalue weighted by molar-refractivity contribution is -0.155. The number of aromatic nitrogens is 2. The molecule has 1 fully saturated rings. The Balaban J connectivity index is 1.67. The Kier molecular flexibility index (Phi) is 7.87. The van der Waals surface area contributed by atoms with Crippen molar-refractivity contribution in [2.75, 3.05) is 39.5 Å². The summed E-state index contributed by atoms with van der Waals surface area (Å²) in [5.41, 5.74) is 2.12. The number of ether oxygens (including phenoxy) is 3. The smallest absolute Gasteiger partial charge is 0.288 e. The van der Waals surface area contributed by atoms with Crippen LogP contribution < -0.4 is 5.56 Å². The van der Waals surface area contributed by atoms with E-state index in [1.807, 2.05) is 49.0 Å². The third-order valence-corrected chi connectivity index (χ3v) is 6.39. The lowest BCUT2D eigenvalue weighted by Crippen LogP contribution is -2.43. The Morgan fingerprint density at radius 1 is 1.18 bits per heavy atom. The van der Waals surface area contributed by atoms with Gasteiger partial charge in [-0.2, -0.15) is 0 Å². The predicted molar refractivity (Wildman–Crippen MR) is 126 cm³/mol. The van der Waals surface area contributed by atoms with Crippen LogP contribution in [0.25, 0.3) is 5.69 Å². The van der Waals surface area contributed by atoms with Crippen LogP contribution in [-0.2, 0) is 26.1 Å². The number of hydrogen-bond acceptors (Lipinski definition) is 6. The highest BCUT2D eigenvalue weighted by molar-refractivity contribution is 5.91. The number of nitrogens with zero attached hydrogens (tertiary/aromatic N) is 3. The van der Waals surface area contributed by atoms with Gasteiger partial charge < -0.3 is 24.2 Å². The summed E-state index contributed by atoms with van der Waals surface area (Å²) in [6.45, 7) is 4.39. The molecule has 1 aromatic heterocycles. The largest absolute Gasteiger partial charge is 0.459 e. The normalized spacial score (nSPS) is 20.7. The number of benzene rings is 1. The average Bonchev–Trinajstić information content (AvgIpc) is 3.10. The molecule has 2 aliphatic heterocycles.